The number of carbonyl (C=O) groups is 1. The molecule has 1 aliphatic rings. The van der Waals surface area contributed by atoms with E-state index in [1.54, 1.807) is 0 Å². The summed E-state index contributed by atoms with van der Waals surface area (Å²) in [5, 5.41) is 8.86. The van der Waals surface area contributed by atoms with E-state index in [0.717, 1.165) is 19.4 Å². The van der Waals surface area contributed by atoms with E-state index in [2.05, 4.69) is 12.1 Å². The van der Waals surface area contributed by atoms with Crippen LogP contribution in [0.4, 0.5) is 0 Å². The van der Waals surface area contributed by atoms with Gasteiger partial charge < -0.3 is 10.0 Å². The van der Waals surface area contributed by atoms with Crippen LogP contribution in [-0.2, 0) is 17.6 Å². The topological polar surface area (TPSA) is 40.5 Å². The number of nitrogens with zero attached hydrogens (tertiary/aromatic N) is 1. The van der Waals surface area contributed by atoms with Gasteiger partial charge in [0.05, 0.1) is 0 Å². The van der Waals surface area contributed by atoms with Gasteiger partial charge in [0, 0.05) is 25.6 Å². The number of benzene rings is 1. The first-order chi connectivity index (χ1) is 8.76. The van der Waals surface area contributed by atoms with Crippen molar-refractivity contribution in [2.24, 2.45) is 5.92 Å². The van der Waals surface area contributed by atoms with Gasteiger partial charge >= 0.3 is 0 Å². The third-order valence-corrected chi connectivity index (χ3v) is 3.68. The molecule has 3 nitrogen and oxygen atoms in total. The van der Waals surface area contributed by atoms with Gasteiger partial charge in [-0.05, 0) is 37.3 Å². The third kappa shape index (κ3) is 2.72. The summed E-state index contributed by atoms with van der Waals surface area (Å²) in [7, 11) is 0. The highest BCUT2D eigenvalue weighted by atomic mass is 16.3. The molecule has 0 radical (unpaired) electrons. The van der Waals surface area contributed by atoms with Gasteiger partial charge in [0.25, 0.3) is 0 Å². The van der Waals surface area contributed by atoms with Gasteiger partial charge in [0.1, 0.15) is 0 Å². The number of hydrogen-bond acceptors (Lipinski definition) is 2. The molecule has 0 heterocycles. The van der Waals surface area contributed by atoms with Gasteiger partial charge in [-0.3, -0.25) is 4.79 Å². The zero-order valence-electron chi connectivity index (χ0n) is 10.9. The Morgan fingerprint density at radius 2 is 1.94 bits per heavy atom. The van der Waals surface area contributed by atoms with E-state index in [4.69, 9.17) is 5.11 Å². The van der Waals surface area contributed by atoms with Crippen molar-refractivity contribution >= 4 is 5.91 Å². The number of aliphatic hydroxyl groups excluding tert-OH is 1. The molecule has 0 atom stereocenters. The van der Waals surface area contributed by atoms with Crippen LogP contribution in [0, 0.1) is 5.92 Å². The van der Waals surface area contributed by atoms with E-state index in [9.17, 15) is 4.79 Å². The van der Waals surface area contributed by atoms with Crippen molar-refractivity contribution in [1.82, 2.24) is 4.90 Å². The van der Waals surface area contributed by atoms with Crippen LogP contribution < -0.4 is 0 Å². The number of rotatable bonds is 5. The quantitative estimate of drug-likeness (QED) is 0.859. The van der Waals surface area contributed by atoms with E-state index in [-0.39, 0.29) is 18.4 Å². The fourth-order valence-electron chi connectivity index (χ4n) is 2.68. The minimum atomic E-state index is 0.0982. The minimum absolute atomic E-state index is 0.0982. The van der Waals surface area contributed by atoms with Crippen LogP contribution in [-0.4, -0.2) is 35.6 Å². The lowest BCUT2D eigenvalue weighted by molar-refractivity contribution is -0.135. The van der Waals surface area contributed by atoms with Gasteiger partial charge in [-0.2, -0.15) is 0 Å². The number of hydrogen-bond donors (Lipinski definition) is 1. The molecule has 1 aromatic rings. The predicted molar refractivity (Wildman–Crippen MR) is 71.3 cm³/mol. The Morgan fingerprint density at radius 1 is 1.33 bits per heavy atom. The minimum Gasteiger partial charge on any atom is -0.396 e. The van der Waals surface area contributed by atoms with Crippen LogP contribution in [0.2, 0.25) is 0 Å². The molecule has 0 saturated carbocycles. The van der Waals surface area contributed by atoms with Crippen molar-refractivity contribution in [3.05, 3.63) is 35.4 Å². The Labute approximate surface area is 108 Å². The highest BCUT2D eigenvalue weighted by Crippen LogP contribution is 2.27. The molecule has 1 aliphatic carbocycles. The van der Waals surface area contributed by atoms with E-state index >= 15 is 0 Å². The summed E-state index contributed by atoms with van der Waals surface area (Å²) in [6.45, 7) is 3.54. The highest BCUT2D eigenvalue weighted by Gasteiger charge is 2.29. The molecule has 2 rings (SSSR count). The van der Waals surface area contributed by atoms with Crippen LogP contribution in [0.25, 0.3) is 0 Å². The van der Waals surface area contributed by atoms with Gasteiger partial charge in [0.2, 0.25) is 5.91 Å². The van der Waals surface area contributed by atoms with Crippen LogP contribution in [0.3, 0.4) is 0 Å². The van der Waals surface area contributed by atoms with Crippen molar-refractivity contribution in [2.45, 2.75) is 26.2 Å². The first-order valence-corrected chi connectivity index (χ1v) is 6.72. The molecule has 98 valence electrons. The van der Waals surface area contributed by atoms with Crippen LogP contribution in [0.1, 0.15) is 24.5 Å². The molecule has 3 heteroatoms. The summed E-state index contributed by atoms with van der Waals surface area (Å²) in [6, 6.07) is 8.31. The number of amides is 1. The molecule has 0 unspecified atom stereocenters. The van der Waals surface area contributed by atoms with Crippen molar-refractivity contribution in [1.29, 1.82) is 0 Å². The number of fused-ring (bicyclic) bond motifs is 1. The molecule has 18 heavy (non-hydrogen) atoms. The van der Waals surface area contributed by atoms with E-state index in [1.165, 1.54) is 11.1 Å². The largest absolute Gasteiger partial charge is 0.396 e. The van der Waals surface area contributed by atoms with E-state index in [0.29, 0.717) is 13.0 Å². The van der Waals surface area contributed by atoms with Crippen molar-refractivity contribution in [2.75, 3.05) is 19.7 Å². The average Bonchev–Trinajstić information content (AvgIpc) is 2.83. The molecule has 0 saturated heterocycles. The SMILES string of the molecule is CCN(CCCO)C(=O)C1Cc2ccccc2C1. The van der Waals surface area contributed by atoms with Crippen molar-refractivity contribution in [3.63, 3.8) is 0 Å². The number of aliphatic hydroxyl groups is 1. The summed E-state index contributed by atoms with van der Waals surface area (Å²) < 4.78 is 0. The zero-order chi connectivity index (χ0) is 13.0. The monoisotopic (exact) mass is 247 g/mol. The lowest BCUT2D eigenvalue weighted by Gasteiger charge is -2.23. The fraction of sp³-hybridized carbons (Fsp3) is 0.533. The van der Waals surface area contributed by atoms with Gasteiger partial charge in [-0.1, -0.05) is 24.3 Å². The van der Waals surface area contributed by atoms with Gasteiger partial charge in [0.15, 0.2) is 0 Å². The summed E-state index contributed by atoms with van der Waals surface area (Å²) in [5.74, 6) is 0.336. The summed E-state index contributed by atoms with van der Waals surface area (Å²) in [4.78, 5) is 14.3. The van der Waals surface area contributed by atoms with Crippen LogP contribution in [0.15, 0.2) is 24.3 Å². The maximum Gasteiger partial charge on any atom is 0.226 e. The summed E-state index contributed by atoms with van der Waals surface area (Å²) in [5.41, 5.74) is 2.63. The second kappa shape index (κ2) is 6.01. The Balaban J connectivity index is 1.99. The molecule has 0 bridgehead atoms. The fourth-order valence-corrected chi connectivity index (χ4v) is 2.68. The maximum absolute atomic E-state index is 12.4. The Bertz CT molecular complexity index is 392. The highest BCUT2D eigenvalue weighted by molar-refractivity contribution is 5.80. The maximum atomic E-state index is 12.4. The molecular formula is C15H21NO2. The molecule has 1 aromatic carbocycles. The van der Waals surface area contributed by atoms with E-state index < -0.39 is 0 Å². The second-order valence-corrected chi connectivity index (χ2v) is 4.87. The number of carbonyl (C=O) groups excluding carboxylic acids is 1. The summed E-state index contributed by atoms with van der Waals surface area (Å²) in [6.07, 6.45) is 2.40. The molecule has 0 aromatic heterocycles. The van der Waals surface area contributed by atoms with Crippen LogP contribution in [0.5, 0.6) is 0 Å². The molecule has 1 N–H and O–H groups in total. The Hall–Kier alpha value is -1.35. The van der Waals surface area contributed by atoms with Crippen LogP contribution >= 0.6 is 0 Å². The van der Waals surface area contributed by atoms with Crippen molar-refractivity contribution < 1.29 is 9.90 Å². The summed E-state index contributed by atoms with van der Waals surface area (Å²) >= 11 is 0. The Morgan fingerprint density at radius 3 is 2.44 bits per heavy atom. The third-order valence-electron chi connectivity index (χ3n) is 3.68. The lowest BCUT2D eigenvalue weighted by Crippen LogP contribution is -2.37. The van der Waals surface area contributed by atoms with Gasteiger partial charge in [-0.15, -0.1) is 0 Å². The van der Waals surface area contributed by atoms with Gasteiger partial charge in [-0.25, -0.2) is 0 Å². The molecule has 0 spiro atoms. The molecule has 1 amide bonds. The normalized spacial score (nSPS) is 14.6. The predicted octanol–water partition coefficient (Wildman–Crippen LogP) is 1.63. The Kier molecular flexibility index (Phi) is 4.37. The smallest absolute Gasteiger partial charge is 0.226 e. The molecule has 0 fully saturated rings. The first kappa shape index (κ1) is 13.1. The zero-order valence-corrected chi connectivity index (χ0v) is 10.9. The average molecular weight is 247 g/mol. The lowest BCUT2D eigenvalue weighted by atomic mass is 10.0. The first-order valence-electron chi connectivity index (χ1n) is 6.72. The van der Waals surface area contributed by atoms with Crippen molar-refractivity contribution in [3.8, 4) is 0 Å². The standard InChI is InChI=1S/C15H21NO2/c1-2-16(8-5-9-17)15(18)14-10-12-6-3-4-7-13(12)11-14/h3-4,6-7,14,17H,2,5,8-11H2,1H3. The molecular weight excluding hydrogens is 226 g/mol. The van der Waals surface area contributed by atoms with E-state index in [1.807, 2.05) is 24.0 Å². The second-order valence-electron chi connectivity index (χ2n) is 4.87. The molecule has 0 aliphatic heterocycles.